The summed E-state index contributed by atoms with van der Waals surface area (Å²) < 4.78 is 0. The van der Waals surface area contributed by atoms with Crippen LogP contribution >= 0.6 is 0 Å². The van der Waals surface area contributed by atoms with Crippen LogP contribution in [0.1, 0.15) is 27.0 Å². The molecule has 6 atom stereocenters. The number of benzene rings is 3. The summed E-state index contributed by atoms with van der Waals surface area (Å²) in [6.45, 7) is 1.77. The van der Waals surface area contributed by atoms with Gasteiger partial charge in [0.05, 0.1) is 35.0 Å². The Morgan fingerprint density at radius 1 is 0.682 bits per heavy atom. The molecule has 3 fully saturated rings. The van der Waals surface area contributed by atoms with Gasteiger partial charge in [-0.1, -0.05) is 36.1 Å². The van der Waals surface area contributed by atoms with Gasteiger partial charge in [-0.15, -0.1) is 12.8 Å². The van der Waals surface area contributed by atoms with Gasteiger partial charge < -0.3 is 5.32 Å². The molecular weight excluding hydrogens is 554 g/mol. The Hall–Kier alpha value is -5.73. The smallest absolute Gasteiger partial charge is 0.255 e. The summed E-state index contributed by atoms with van der Waals surface area (Å²) >= 11 is 0. The van der Waals surface area contributed by atoms with E-state index in [9.17, 15) is 24.0 Å². The van der Waals surface area contributed by atoms with E-state index in [4.69, 9.17) is 12.8 Å². The number of hydrogen-bond donors (Lipinski definition) is 1. The summed E-state index contributed by atoms with van der Waals surface area (Å²) in [4.78, 5) is 71.1. The maximum Gasteiger partial charge on any atom is 0.255 e. The predicted molar refractivity (Wildman–Crippen MR) is 163 cm³/mol. The normalized spacial score (nSPS) is 26.3. The molecule has 2 saturated heterocycles. The van der Waals surface area contributed by atoms with Crippen molar-refractivity contribution >= 4 is 46.6 Å². The quantitative estimate of drug-likeness (QED) is 0.287. The van der Waals surface area contributed by atoms with Crippen molar-refractivity contribution in [2.24, 2.45) is 35.5 Å². The van der Waals surface area contributed by atoms with Gasteiger partial charge in [0, 0.05) is 34.2 Å². The van der Waals surface area contributed by atoms with Crippen LogP contribution in [-0.4, -0.2) is 29.5 Å². The molecule has 1 saturated carbocycles. The molecule has 2 heterocycles. The molecule has 214 valence electrons. The Bertz CT molecular complexity index is 1900. The number of nitrogens with one attached hydrogen (secondary N) is 1. The van der Waals surface area contributed by atoms with Crippen molar-refractivity contribution in [2.45, 2.75) is 6.92 Å². The molecule has 5 aliphatic rings. The van der Waals surface area contributed by atoms with Crippen LogP contribution in [0.4, 0.5) is 17.1 Å². The highest BCUT2D eigenvalue weighted by Gasteiger charge is 2.68. The minimum Gasteiger partial charge on any atom is -0.322 e. The van der Waals surface area contributed by atoms with Crippen LogP contribution in [0.25, 0.3) is 0 Å². The lowest BCUT2D eigenvalue weighted by Crippen LogP contribution is -2.50. The number of imide groups is 2. The van der Waals surface area contributed by atoms with E-state index in [0.29, 0.717) is 28.1 Å². The third kappa shape index (κ3) is 3.92. The van der Waals surface area contributed by atoms with Crippen molar-refractivity contribution in [1.82, 2.24) is 0 Å². The van der Waals surface area contributed by atoms with Crippen molar-refractivity contribution in [3.8, 4) is 24.7 Å². The Balaban J connectivity index is 1.20. The Morgan fingerprint density at radius 2 is 1.20 bits per heavy atom. The summed E-state index contributed by atoms with van der Waals surface area (Å²) in [7, 11) is 0. The first-order chi connectivity index (χ1) is 21.2. The van der Waals surface area contributed by atoms with Crippen molar-refractivity contribution in [1.29, 1.82) is 0 Å². The topological polar surface area (TPSA) is 104 Å². The van der Waals surface area contributed by atoms with Gasteiger partial charge in [-0.05, 0) is 67.1 Å². The molecule has 0 spiro atoms. The zero-order valence-electron chi connectivity index (χ0n) is 23.6. The molecule has 2 bridgehead atoms. The first-order valence-electron chi connectivity index (χ1n) is 14.2. The molecular formula is C36H25N3O5. The highest BCUT2D eigenvalue weighted by Crippen LogP contribution is 2.58. The molecule has 8 nitrogen and oxygen atoms in total. The maximum absolute atomic E-state index is 14.0. The Kier molecular flexibility index (Phi) is 6.12. The molecule has 0 aromatic heterocycles. The van der Waals surface area contributed by atoms with E-state index in [0.717, 1.165) is 9.80 Å². The number of terminal acetylenes is 2. The molecule has 5 amide bonds. The standard InChI is InChI=1S/C36H25N3O5/c1-4-20-8-6-10-23(16-20)37-32(40)22-14-19(3)15-25(18-22)39-35(43)30-26-12-13-27(31(30)36(39)44)29-28(26)33(41)38(34(29)42)24-11-7-9-21(5-2)17-24/h1-2,6-18,26-31H,3H3,(H,37,40). The van der Waals surface area contributed by atoms with Crippen LogP contribution < -0.4 is 15.1 Å². The second-order valence-electron chi connectivity index (χ2n) is 11.6. The zero-order chi connectivity index (χ0) is 30.9. The summed E-state index contributed by atoms with van der Waals surface area (Å²) in [5.41, 5.74) is 3.24. The van der Waals surface area contributed by atoms with Gasteiger partial charge in [0.1, 0.15) is 0 Å². The highest BCUT2D eigenvalue weighted by atomic mass is 16.2. The van der Waals surface area contributed by atoms with Crippen molar-refractivity contribution < 1.29 is 24.0 Å². The second kappa shape index (κ2) is 9.93. The summed E-state index contributed by atoms with van der Waals surface area (Å²) in [5.74, 6) is -1.40. The maximum atomic E-state index is 14.0. The molecule has 8 heteroatoms. The first kappa shape index (κ1) is 27.1. The van der Waals surface area contributed by atoms with E-state index >= 15 is 0 Å². The van der Waals surface area contributed by atoms with Gasteiger partial charge in [0.2, 0.25) is 23.6 Å². The lowest BCUT2D eigenvalue weighted by molar-refractivity contribution is -0.137. The number of carbonyl (C=O) groups is 5. The van der Waals surface area contributed by atoms with E-state index in [2.05, 4.69) is 17.2 Å². The minimum atomic E-state index is -0.795. The van der Waals surface area contributed by atoms with Crippen LogP contribution in [0, 0.1) is 67.1 Å². The lowest BCUT2D eigenvalue weighted by Gasteiger charge is -2.44. The van der Waals surface area contributed by atoms with E-state index in [1.165, 1.54) is 6.07 Å². The van der Waals surface area contributed by atoms with E-state index in [1.807, 2.05) is 12.2 Å². The first-order valence-corrected chi connectivity index (χ1v) is 14.2. The molecule has 1 N–H and O–H groups in total. The van der Waals surface area contributed by atoms with Crippen LogP contribution in [0.3, 0.4) is 0 Å². The number of aryl methyl sites for hydroxylation is 1. The third-order valence-corrected chi connectivity index (χ3v) is 9.15. The number of carbonyl (C=O) groups excluding carboxylic acids is 5. The average molecular weight is 580 g/mol. The van der Waals surface area contributed by atoms with Crippen molar-refractivity contribution in [3.63, 3.8) is 0 Å². The van der Waals surface area contributed by atoms with Gasteiger partial charge in [-0.25, -0.2) is 9.80 Å². The molecule has 2 aliphatic heterocycles. The van der Waals surface area contributed by atoms with Crippen LogP contribution in [-0.2, 0) is 19.2 Å². The molecule has 6 unspecified atom stereocenters. The number of hydrogen-bond acceptors (Lipinski definition) is 5. The fourth-order valence-electron chi connectivity index (χ4n) is 7.38. The number of allylic oxidation sites excluding steroid dienone is 2. The van der Waals surface area contributed by atoms with E-state index in [1.54, 1.807) is 67.6 Å². The van der Waals surface area contributed by atoms with E-state index in [-0.39, 0.29) is 11.3 Å². The molecule has 44 heavy (non-hydrogen) atoms. The molecule has 0 radical (unpaired) electrons. The van der Waals surface area contributed by atoms with Gasteiger partial charge in [0.15, 0.2) is 0 Å². The monoisotopic (exact) mass is 579 g/mol. The summed E-state index contributed by atoms with van der Waals surface area (Å²) in [6.07, 6.45) is 14.6. The summed E-state index contributed by atoms with van der Waals surface area (Å²) in [6, 6.07) is 18.4. The van der Waals surface area contributed by atoms with Crippen LogP contribution in [0.15, 0.2) is 78.9 Å². The number of nitrogens with zero attached hydrogens (tertiary/aromatic N) is 2. The van der Waals surface area contributed by atoms with Gasteiger partial charge in [-0.3, -0.25) is 24.0 Å². The summed E-state index contributed by atoms with van der Waals surface area (Å²) in [5, 5.41) is 2.81. The van der Waals surface area contributed by atoms with E-state index < -0.39 is 65.0 Å². The number of rotatable bonds is 4. The van der Waals surface area contributed by atoms with Crippen LogP contribution in [0.5, 0.6) is 0 Å². The van der Waals surface area contributed by atoms with Crippen molar-refractivity contribution in [3.05, 3.63) is 101 Å². The zero-order valence-corrected chi connectivity index (χ0v) is 23.6. The Labute approximate surface area is 253 Å². The number of amides is 5. The van der Waals surface area contributed by atoms with Crippen molar-refractivity contribution in [2.75, 3.05) is 15.1 Å². The third-order valence-electron chi connectivity index (χ3n) is 9.15. The largest absolute Gasteiger partial charge is 0.322 e. The highest BCUT2D eigenvalue weighted by molar-refractivity contribution is 6.26. The van der Waals surface area contributed by atoms with Gasteiger partial charge in [0.25, 0.3) is 5.91 Å². The van der Waals surface area contributed by atoms with Gasteiger partial charge in [-0.2, -0.15) is 0 Å². The molecule has 8 rings (SSSR count). The minimum absolute atomic E-state index is 0.259. The average Bonchev–Trinajstić information content (AvgIpc) is 3.47. The number of anilines is 3. The fourth-order valence-corrected chi connectivity index (χ4v) is 7.38. The molecule has 3 aromatic rings. The van der Waals surface area contributed by atoms with Crippen LogP contribution in [0.2, 0.25) is 0 Å². The molecule has 3 aliphatic carbocycles. The second-order valence-corrected chi connectivity index (χ2v) is 11.6. The lowest BCUT2D eigenvalue weighted by atomic mass is 9.54. The molecule has 3 aromatic carbocycles. The van der Waals surface area contributed by atoms with Gasteiger partial charge >= 0.3 is 0 Å². The fraction of sp³-hybridized carbons (Fsp3) is 0.194. The Morgan fingerprint density at radius 3 is 1.77 bits per heavy atom. The SMILES string of the molecule is C#Cc1cccc(NC(=O)c2cc(C)cc(N3C(=O)C4C5C=CC(C6C(=O)N(c7cccc(C#C)c7)C(=O)C56)C4C3=O)c2)c1. The predicted octanol–water partition coefficient (Wildman–Crippen LogP) is 3.94.